The molecule has 1 fully saturated rings. The van der Waals surface area contributed by atoms with Gasteiger partial charge >= 0.3 is 0 Å². The first-order chi connectivity index (χ1) is 16.5. The largest absolute Gasteiger partial charge is 0.376 e. The second kappa shape index (κ2) is 11.0. The molecule has 3 aromatic rings. The van der Waals surface area contributed by atoms with E-state index < -0.39 is 5.91 Å². The minimum absolute atomic E-state index is 0.0977. The standard InChI is InChI=1S/C25H27FN4O4/c1-33-17-24(32)29(14-21-8-5-13-34-21)16-23(31)28-25-27-22(18-6-3-2-4-7-18)15-30(25)20-11-9-19(26)10-12-20/h2-4,6-7,9-12,15,21H,5,8,13-14,16-17H2,1H3,(H,27,28,31). The van der Waals surface area contributed by atoms with Crippen molar-refractivity contribution in [2.45, 2.75) is 18.9 Å². The van der Waals surface area contributed by atoms with Gasteiger partial charge in [-0.05, 0) is 37.1 Å². The topological polar surface area (TPSA) is 85.7 Å². The van der Waals surface area contributed by atoms with Crippen molar-refractivity contribution in [3.05, 3.63) is 66.6 Å². The minimum Gasteiger partial charge on any atom is -0.376 e. The average molecular weight is 467 g/mol. The van der Waals surface area contributed by atoms with Gasteiger partial charge in [0.2, 0.25) is 17.8 Å². The Morgan fingerprint density at radius 2 is 1.97 bits per heavy atom. The van der Waals surface area contributed by atoms with Gasteiger partial charge in [-0.2, -0.15) is 0 Å². The molecule has 1 atom stereocenters. The van der Waals surface area contributed by atoms with Crippen LogP contribution in [0, 0.1) is 5.82 Å². The van der Waals surface area contributed by atoms with Crippen LogP contribution in [0.3, 0.4) is 0 Å². The fraction of sp³-hybridized carbons (Fsp3) is 0.320. The van der Waals surface area contributed by atoms with Crippen LogP contribution in [0.5, 0.6) is 0 Å². The number of aromatic nitrogens is 2. The predicted octanol–water partition coefficient (Wildman–Crippen LogP) is 3.27. The molecule has 2 heterocycles. The highest BCUT2D eigenvalue weighted by atomic mass is 19.1. The van der Waals surface area contributed by atoms with Crippen molar-refractivity contribution < 1.29 is 23.5 Å². The van der Waals surface area contributed by atoms with Gasteiger partial charge in [0.25, 0.3) is 0 Å². The molecule has 1 aliphatic heterocycles. The molecular formula is C25H27FN4O4. The Morgan fingerprint density at radius 3 is 2.65 bits per heavy atom. The molecule has 8 nitrogen and oxygen atoms in total. The lowest BCUT2D eigenvalue weighted by Gasteiger charge is -2.24. The number of imidazole rings is 1. The van der Waals surface area contributed by atoms with Crippen LogP contribution in [0.15, 0.2) is 60.8 Å². The molecule has 0 spiro atoms. The number of hydrogen-bond acceptors (Lipinski definition) is 5. The summed E-state index contributed by atoms with van der Waals surface area (Å²) < 4.78 is 25.8. The van der Waals surface area contributed by atoms with Crippen molar-refractivity contribution in [1.29, 1.82) is 0 Å². The first kappa shape index (κ1) is 23.6. The number of nitrogens with one attached hydrogen (secondary N) is 1. The molecule has 2 amide bonds. The SMILES string of the molecule is COCC(=O)N(CC(=O)Nc1nc(-c2ccccc2)cn1-c1ccc(F)cc1)CC1CCCO1. The normalized spacial score (nSPS) is 15.3. The van der Waals surface area contributed by atoms with Crippen LogP contribution in [0.25, 0.3) is 16.9 Å². The molecule has 1 aromatic heterocycles. The van der Waals surface area contributed by atoms with Crippen molar-refractivity contribution in [1.82, 2.24) is 14.5 Å². The van der Waals surface area contributed by atoms with Crippen LogP contribution < -0.4 is 5.32 Å². The second-order valence-corrected chi connectivity index (χ2v) is 8.05. The van der Waals surface area contributed by atoms with Gasteiger partial charge in [-0.25, -0.2) is 9.37 Å². The van der Waals surface area contributed by atoms with E-state index in [0.29, 0.717) is 24.5 Å². The molecular weight excluding hydrogens is 439 g/mol. The third kappa shape index (κ3) is 5.86. The summed E-state index contributed by atoms with van der Waals surface area (Å²) in [5, 5.41) is 2.81. The molecule has 1 N–H and O–H groups in total. The highest BCUT2D eigenvalue weighted by Crippen LogP contribution is 2.24. The maximum Gasteiger partial charge on any atom is 0.249 e. The highest BCUT2D eigenvalue weighted by Gasteiger charge is 2.25. The van der Waals surface area contributed by atoms with E-state index in [2.05, 4.69) is 10.3 Å². The average Bonchev–Trinajstić information content (AvgIpc) is 3.50. The smallest absolute Gasteiger partial charge is 0.249 e. The Morgan fingerprint density at radius 1 is 1.21 bits per heavy atom. The van der Waals surface area contributed by atoms with Gasteiger partial charge in [-0.1, -0.05) is 30.3 Å². The molecule has 1 aliphatic rings. The van der Waals surface area contributed by atoms with Crippen LogP contribution in [0.2, 0.25) is 0 Å². The third-order valence-electron chi connectivity index (χ3n) is 5.53. The van der Waals surface area contributed by atoms with Crippen molar-refractivity contribution in [3.8, 4) is 16.9 Å². The third-order valence-corrected chi connectivity index (χ3v) is 5.53. The number of methoxy groups -OCH3 is 1. The Balaban J connectivity index is 1.56. The summed E-state index contributed by atoms with van der Waals surface area (Å²) in [7, 11) is 1.44. The van der Waals surface area contributed by atoms with Crippen LogP contribution in [0.4, 0.5) is 10.3 Å². The van der Waals surface area contributed by atoms with E-state index in [1.165, 1.54) is 24.1 Å². The molecule has 178 valence electrons. The number of halogens is 1. The number of anilines is 1. The van der Waals surface area contributed by atoms with Crippen molar-refractivity contribution in [2.75, 3.05) is 38.7 Å². The van der Waals surface area contributed by atoms with Crippen molar-refractivity contribution >= 4 is 17.8 Å². The van der Waals surface area contributed by atoms with Gasteiger partial charge < -0.3 is 14.4 Å². The Bertz CT molecular complexity index is 1110. The van der Waals surface area contributed by atoms with E-state index in [-0.39, 0.29) is 36.9 Å². The molecule has 0 bridgehead atoms. The van der Waals surface area contributed by atoms with Crippen LogP contribution in [-0.4, -0.2) is 65.8 Å². The van der Waals surface area contributed by atoms with E-state index in [1.54, 1.807) is 22.9 Å². The Hall–Kier alpha value is -3.56. The number of nitrogens with zero attached hydrogens (tertiary/aromatic N) is 3. The van der Waals surface area contributed by atoms with E-state index >= 15 is 0 Å². The number of hydrogen-bond donors (Lipinski definition) is 1. The molecule has 9 heteroatoms. The quantitative estimate of drug-likeness (QED) is 0.523. The zero-order valence-corrected chi connectivity index (χ0v) is 18.9. The van der Waals surface area contributed by atoms with Gasteiger partial charge in [0.05, 0.1) is 11.8 Å². The number of carbonyl (C=O) groups excluding carboxylic acids is 2. The van der Waals surface area contributed by atoms with Gasteiger partial charge in [-0.3, -0.25) is 19.5 Å². The molecule has 4 rings (SSSR count). The van der Waals surface area contributed by atoms with Gasteiger partial charge in [0.15, 0.2) is 0 Å². The van der Waals surface area contributed by atoms with Gasteiger partial charge in [-0.15, -0.1) is 0 Å². The minimum atomic E-state index is -0.406. The summed E-state index contributed by atoms with van der Waals surface area (Å²) >= 11 is 0. The summed E-state index contributed by atoms with van der Waals surface area (Å²) in [4.78, 5) is 31.6. The Labute approximate surface area is 197 Å². The summed E-state index contributed by atoms with van der Waals surface area (Å²) in [5.41, 5.74) is 2.15. The maximum atomic E-state index is 13.5. The number of benzene rings is 2. The molecule has 0 saturated carbocycles. The monoisotopic (exact) mass is 466 g/mol. The van der Waals surface area contributed by atoms with Crippen LogP contribution in [0.1, 0.15) is 12.8 Å². The molecule has 34 heavy (non-hydrogen) atoms. The van der Waals surface area contributed by atoms with E-state index in [1.807, 2.05) is 30.3 Å². The van der Waals surface area contributed by atoms with E-state index in [4.69, 9.17) is 9.47 Å². The van der Waals surface area contributed by atoms with E-state index in [0.717, 1.165) is 18.4 Å². The fourth-order valence-corrected chi connectivity index (χ4v) is 3.86. The fourth-order valence-electron chi connectivity index (χ4n) is 3.86. The number of rotatable bonds is 9. The maximum absolute atomic E-state index is 13.5. The zero-order chi connectivity index (χ0) is 23.9. The van der Waals surface area contributed by atoms with Gasteiger partial charge in [0.1, 0.15) is 19.0 Å². The molecule has 0 aliphatic carbocycles. The first-order valence-electron chi connectivity index (χ1n) is 11.1. The van der Waals surface area contributed by atoms with Crippen molar-refractivity contribution in [2.24, 2.45) is 0 Å². The summed E-state index contributed by atoms with van der Waals surface area (Å²) in [6.45, 7) is 0.680. The second-order valence-electron chi connectivity index (χ2n) is 8.05. The van der Waals surface area contributed by atoms with E-state index in [9.17, 15) is 14.0 Å². The zero-order valence-electron chi connectivity index (χ0n) is 18.9. The molecule has 1 saturated heterocycles. The van der Waals surface area contributed by atoms with Crippen molar-refractivity contribution in [3.63, 3.8) is 0 Å². The Kier molecular flexibility index (Phi) is 7.66. The summed E-state index contributed by atoms with van der Waals surface area (Å²) in [5.74, 6) is -0.790. The van der Waals surface area contributed by atoms with Gasteiger partial charge in [0, 0.05) is 37.7 Å². The lowest BCUT2D eigenvalue weighted by Crippen LogP contribution is -2.44. The first-order valence-corrected chi connectivity index (χ1v) is 11.1. The molecule has 2 aromatic carbocycles. The number of amides is 2. The number of carbonyl (C=O) groups is 2. The van der Waals surface area contributed by atoms with Crippen LogP contribution >= 0.6 is 0 Å². The molecule has 1 unspecified atom stereocenters. The van der Waals surface area contributed by atoms with Crippen LogP contribution in [-0.2, 0) is 19.1 Å². The number of ether oxygens (including phenoxy) is 2. The highest BCUT2D eigenvalue weighted by molar-refractivity contribution is 5.94. The lowest BCUT2D eigenvalue weighted by molar-refractivity contribution is -0.139. The summed E-state index contributed by atoms with van der Waals surface area (Å²) in [6.07, 6.45) is 3.45. The lowest BCUT2D eigenvalue weighted by atomic mass is 10.2. The molecule has 0 radical (unpaired) electrons. The predicted molar refractivity (Wildman–Crippen MR) is 125 cm³/mol. The summed E-state index contributed by atoms with van der Waals surface area (Å²) in [6, 6.07) is 15.4.